The van der Waals surface area contributed by atoms with Crippen molar-refractivity contribution >= 4 is 11.6 Å². The Labute approximate surface area is 106 Å². The van der Waals surface area contributed by atoms with Crippen LogP contribution in [0.15, 0.2) is 18.2 Å². The topological polar surface area (TPSA) is 29.5 Å². The van der Waals surface area contributed by atoms with Gasteiger partial charge in [0.2, 0.25) is 0 Å². The van der Waals surface area contributed by atoms with Gasteiger partial charge in [-0.1, -0.05) is 37.6 Å². The minimum absolute atomic E-state index is 0.0122. The predicted molar refractivity (Wildman–Crippen MR) is 66.8 cm³/mol. The van der Waals surface area contributed by atoms with Gasteiger partial charge in [-0.05, 0) is 17.5 Å². The third-order valence-corrected chi connectivity index (χ3v) is 3.42. The summed E-state index contributed by atoms with van der Waals surface area (Å²) in [6.45, 7) is 3.98. The average molecular weight is 261 g/mol. The van der Waals surface area contributed by atoms with Crippen LogP contribution in [0.25, 0.3) is 0 Å². The largest absolute Gasteiger partial charge is 0.387 e. The lowest BCUT2D eigenvalue weighted by molar-refractivity contribution is -0.0637. The molecule has 1 atom stereocenters. The Balaban J connectivity index is 2.98. The number of benzene rings is 1. The fourth-order valence-electron chi connectivity index (χ4n) is 1.69. The van der Waals surface area contributed by atoms with Crippen LogP contribution in [0.5, 0.6) is 0 Å². The molecule has 0 heterocycles. The van der Waals surface area contributed by atoms with Crippen LogP contribution in [0.2, 0.25) is 5.02 Å². The molecule has 2 nitrogen and oxygen atoms in total. The van der Waals surface area contributed by atoms with Gasteiger partial charge in [0, 0.05) is 13.5 Å². The second-order valence-electron chi connectivity index (χ2n) is 4.58. The molecule has 0 aliphatic carbocycles. The molecule has 4 heteroatoms. The number of hydrogen-bond acceptors (Lipinski definition) is 2. The van der Waals surface area contributed by atoms with E-state index in [0.29, 0.717) is 5.56 Å². The minimum atomic E-state index is -1.04. The van der Waals surface area contributed by atoms with Crippen LogP contribution in [0.4, 0.5) is 4.39 Å². The normalized spacial score (nSPS) is 15.0. The Kier molecular flexibility index (Phi) is 4.92. The first-order valence-electron chi connectivity index (χ1n) is 5.55. The monoisotopic (exact) mass is 260 g/mol. The Morgan fingerprint density at radius 2 is 2.12 bits per heavy atom. The smallest absolute Gasteiger partial charge is 0.142 e. The summed E-state index contributed by atoms with van der Waals surface area (Å²) in [5, 5.41) is 10.5. The number of rotatable bonds is 5. The first-order chi connectivity index (χ1) is 7.90. The van der Waals surface area contributed by atoms with Gasteiger partial charge in [0.25, 0.3) is 0 Å². The first kappa shape index (κ1) is 14.4. The molecule has 0 radical (unpaired) electrons. The summed E-state index contributed by atoms with van der Waals surface area (Å²) in [6, 6.07) is 4.61. The Hall–Kier alpha value is -0.640. The maximum atomic E-state index is 13.3. The van der Waals surface area contributed by atoms with E-state index in [2.05, 4.69) is 0 Å². The fraction of sp³-hybridized carbons (Fsp3) is 0.538. The number of ether oxygens (including phenoxy) is 1. The van der Waals surface area contributed by atoms with Gasteiger partial charge in [-0.2, -0.15) is 0 Å². The zero-order valence-electron chi connectivity index (χ0n) is 10.3. The van der Waals surface area contributed by atoms with Crippen molar-refractivity contribution in [3.05, 3.63) is 34.6 Å². The van der Waals surface area contributed by atoms with Crippen molar-refractivity contribution in [2.75, 3.05) is 13.7 Å². The molecule has 0 aromatic heterocycles. The minimum Gasteiger partial charge on any atom is -0.387 e. The van der Waals surface area contributed by atoms with E-state index in [1.54, 1.807) is 12.1 Å². The molecule has 0 saturated carbocycles. The van der Waals surface area contributed by atoms with Crippen molar-refractivity contribution in [2.45, 2.75) is 25.9 Å². The first-order valence-corrected chi connectivity index (χ1v) is 5.92. The highest BCUT2D eigenvalue weighted by Crippen LogP contribution is 2.28. The number of methoxy groups -OCH3 is 1. The van der Waals surface area contributed by atoms with Crippen LogP contribution in [-0.2, 0) is 11.2 Å². The standard InChI is InChI=1S/C13H18ClFO2/c1-9(2)13(16,8-17-3)7-10-5-4-6-11(15)12(10)14/h4-6,9,16H,7-8H2,1-3H3. The van der Waals surface area contributed by atoms with E-state index in [1.807, 2.05) is 13.8 Å². The average Bonchev–Trinajstić information content (AvgIpc) is 2.25. The van der Waals surface area contributed by atoms with Gasteiger partial charge in [0.1, 0.15) is 5.82 Å². The summed E-state index contributed by atoms with van der Waals surface area (Å²) in [4.78, 5) is 0. The van der Waals surface area contributed by atoms with Crippen LogP contribution in [-0.4, -0.2) is 24.4 Å². The maximum absolute atomic E-state index is 13.3. The van der Waals surface area contributed by atoms with Crippen LogP contribution < -0.4 is 0 Å². The molecule has 1 unspecified atom stereocenters. The van der Waals surface area contributed by atoms with E-state index in [-0.39, 0.29) is 24.0 Å². The number of hydrogen-bond donors (Lipinski definition) is 1. The van der Waals surface area contributed by atoms with Crippen molar-refractivity contribution < 1.29 is 14.2 Å². The summed E-state index contributed by atoms with van der Waals surface area (Å²) in [5.41, 5.74) is -0.438. The molecular formula is C13H18ClFO2. The van der Waals surface area contributed by atoms with Gasteiger partial charge in [-0.15, -0.1) is 0 Å². The van der Waals surface area contributed by atoms with Crippen LogP contribution in [0.1, 0.15) is 19.4 Å². The highest BCUT2D eigenvalue weighted by Gasteiger charge is 2.32. The zero-order valence-corrected chi connectivity index (χ0v) is 11.1. The van der Waals surface area contributed by atoms with Gasteiger partial charge in [0.15, 0.2) is 0 Å². The lowest BCUT2D eigenvalue weighted by Gasteiger charge is -2.31. The van der Waals surface area contributed by atoms with Crippen molar-refractivity contribution in [1.29, 1.82) is 0 Å². The van der Waals surface area contributed by atoms with Crippen LogP contribution >= 0.6 is 11.6 Å². The SMILES string of the molecule is COCC(O)(Cc1cccc(F)c1Cl)C(C)C. The third kappa shape index (κ3) is 3.41. The molecule has 1 rings (SSSR count). The summed E-state index contributed by atoms with van der Waals surface area (Å²) in [6.07, 6.45) is 0.273. The molecule has 1 N–H and O–H groups in total. The third-order valence-electron chi connectivity index (χ3n) is 3.00. The summed E-state index contributed by atoms with van der Waals surface area (Å²) in [7, 11) is 1.53. The lowest BCUT2D eigenvalue weighted by Crippen LogP contribution is -2.42. The molecule has 96 valence electrons. The molecule has 17 heavy (non-hydrogen) atoms. The Morgan fingerprint density at radius 1 is 1.47 bits per heavy atom. The molecular weight excluding hydrogens is 243 g/mol. The Bertz CT molecular complexity index is 382. The highest BCUT2D eigenvalue weighted by molar-refractivity contribution is 6.31. The van der Waals surface area contributed by atoms with Gasteiger partial charge < -0.3 is 9.84 Å². The molecule has 0 amide bonds. The van der Waals surface area contributed by atoms with E-state index in [4.69, 9.17) is 16.3 Å². The van der Waals surface area contributed by atoms with E-state index in [0.717, 1.165) is 0 Å². The number of halogens is 2. The van der Waals surface area contributed by atoms with E-state index < -0.39 is 11.4 Å². The lowest BCUT2D eigenvalue weighted by atomic mass is 9.85. The zero-order chi connectivity index (χ0) is 13.1. The quantitative estimate of drug-likeness (QED) is 0.882. The Morgan fingerprint density at radius 3 is 2.65 bits per heavy atom. The molecule has 1 aromatic carbocycles. The summed E-state index contributed by atoms with van der Waals surface area (Å²) >= 11 is 5.88. The predicted octanol–water partition coefficient (Wildman–Crippen LogP) is 3.06. The molecule has 0 aliphatic heterocycles. The van der Waals surface area contributed by atoms with E-state index >= 15 is 0 Å². The number of aliphatic hydroxyl groups is 1. The van der Waals surface area contributed by atoms with Gasteiger partial charge in [0.05, 0.1) is 17.2 Å². The van der Waals surface area contributed by atoms with E-state index in [1.165, 1.54) is 13.2 Å². The maximum Gasteiger partial charge on any atom is 0.142 e. The highest BCUT2D eigenvalue weighted by atomic mass is 35.5. The van der Waals surface area contributed by atoms with Crippen molar-refractivity contribution in [3.8, 4) is 0 Å². The second kappa shape index (κ2) is 5.80. The van der Waals surface area contributed by atoms with Crippen molar-refractivity contribution in [3.63, 3.8) is 0 Å². The molecule has 0 saturated heterocycles. The van der Waals surface area contributed by atoms with Crippen LogP contribution in [0, 0.1) is 11.7 Å². The van der Waals surface area contributed by atoms with Gasteiger partial charge in [-0.25, -0.2) is 4.39 Å². The van der Waals surface area contributed by atoms with Crippen LogP contribution in [0.3, 0.4) is 0 Å². The van der Waals surface area contributed by atoms with Crippen molar-refractivity contribution in [2.24, 2.45) is 5.92 Å². The van der Waals surface area contributed by atoms with Gasteiger partial charge >= 0.3 is 0 Å². The van der Waals surface area contributed by atoms with Crippen molar-refractivity contribution in [1.82, 2.24) is 0 Å². The molecule has 0 spiro atoms. The summed E-state index contributed by atoms with van der Waals surface area (Å²) < 4.78 is 18.3. The van der Waals surface area contributed by atoms with Gasteiger partial charge in [-0.3, -0.25) is 0 Å². The van der Waals surface area contributed by atoms with E-state index in [9.17, 15) is 9.50 Å². The fourth-order valence-corrected chi connectivity index (χ4v) is 1.88. The second-order valence-corrected chi connectivity index (χ2v) is 4.96. The summed E-state index contributed by atoms with van der Waals surface area (Å²) in [5.74, 6) is -0.477. The molecule has 0 bridgehead atoms. The molecule has 0 aliphatic rings. The molecule has 0 fully saturated rings. The molecule has 1 aromatic rings.